The Labute approximate surface area is 255 Å². The highest BCUT2D eigenvalue weighted by atomic mass is 16.4. The van der Waals surface area contributed by atoms with E-state index in [0.717, 1.165) is 27.4 Å². The number of benzene rings is 2. The zero-order valence-corrected chi connectivity index (χ0v) is 23.9. The standard InChI is InChI=1S/C30H33N7O8/c31-19(9-15-13-33-20-7-3-1-5-17(15)20)27(41)35-22(10-16-14-34-21-8-4-2-6-18(16)21)28(42)36-23(12-26(39)40)29(43)37-24(30(44)45)11-25(32)38/h1-8,13-14,19,22-24,33-34H,9-12,31H2,(H2,32,38)(H,35,41)(H,36,42)(H,37,43)(H,39,40)(H,44,45). The van der Waals surface area contributed by atoms with Crippen LogP contribution < -0.4 is 27.4 Å². The SMILES string of the molecule is NC(=O)CC(NC(=O)C(CC(=O)O)NC(=O)C(Cc1c[nH]c2ccccc12)NC(=O)C(N)Cc1c[nH]c2ccccc12)C(=O)O. The summed E-state index contributed by atoms with van der Waals surface area (Å²) in [7, 11) is 0. The van der Waals surface area contributed by atoms with E-state index in [2.05, 4.69) is 20.6 Å². The van der Waals surface area contributed by atoms with E-state index in [1.54, 1.807) is 18.5 Å². The van der Waals surface area contributed by atoms with Gasteiger partial charge in [-0.3, -0.25) is 24.0 Å². The number of carboxylic acids is 2. The van der Waals surface area contributed by atoms with E-state index in [-0.39, 0.29) is 12.8 Å². The maximum Gasteiger partial charge on any atom is 0.326 e. The number of carboxylic acid groups (broad SMARTS) is 2. The Balaban J connectivity index is 1.56. The first-order chi connectivity index (χ1) is 21.4. The van der Waals surface area contributed by atoms with E-state index in [1.165, 1.54) is 0 Å². The molecule has 236 valence electrons. The molecule has 0 aliphatic rings. The van der Waals surface area contributed by atoms with Gasteiger partial charge in [0.15, 0.2) is 0 Å². The first-order valence-electron chi connectivity index (χ1n) is 13.9. The zero-order valence-electron chi connectivity index (χ0n) is 23.9. The minimum absolute atomic E-state index is 0.0672. The molecule has 2 heterocycles. The van der Waals surface area contributed by atoms with Crippen molar-refractivity contribution in [2.24, 2.45) is 11.5 Å². The third kappa shape index (κ3) is 8.23. The summed E-state index contributed by atoms with van der Waals surface area (Å²) in [5.41, 5.74) is 14.4. The van der Waals surface area contributed by atoms with Crippen molar-refractivity contribution in [3.63, 3.8) is 0 Å². The fourth-order valence-electron chi connectivity index (χ4n) is 4.97. The van der Waals surface area contributed by atoms with Gasteiger partial charge in [0.25, 0.3) is 0 Å². The highest BCUT2D eigenvalue weighted by Crippen LogP contribution is 2.21. The Bertz CT molecular complexity index is 1750. The summed E-state index contributed by atoms with van der Waals surface area (Å²) in [4.78, 5) is 80.4. The van der Waals surface area contributed by atoms with E-state index in [1.807, 2.05) is 47.8 Å². The van der Waals surface area contributed by atoms with Gasteiger partial charge >= 0.3 is 11.9 Å². The maximum atomic E-state index is 13.6. The third-order valence-electron chi connectivity index (χ3n) is 7.22. The van der Waals surface area contributed by atoms with Crippen molar-refractivity contribution >= 4 is 57.4 Å². The molecule has 0 aliphatic heterocycles. The lowest BCUT2D eigenvalue weighted by atomic mass is 10.0. The second kappa shape index (κ2) is 14.2. The van der Waals surface area contributed by atoms with E-state index in [4.69, 9.17) is 11.5 Å². The largest absolute Gasteiger partial charge is 0.481 e. The maximum absolute atomic E-state index is 13.6. The van der Waals surface area contributed by atoms with Crippen LogP contribution >= 0.6 is 0 Å². The highest BCUT2D eigenvalue weighted by Gasteiger charge is 2.32. The molecule has 0 bridgehead atoms. The average molecular weight is 620 g/mol. The molecule has 15 heteroatoms. The number of fused-ring (bicyclic) bond motifs is 2. The van der Waals surface area contributed by atoms with Crippen LogP contribution in [-0.4, -0.2) is 79.9 Å². The third-order valence-corrected chi connectivity index (χ3v) is 7.22. The summed E-state index contributed by atoms with van der Waals surface area (Å²) in [6.45, 7) is 0. The van der Waals surface area contributed by atoms with Crippen molar-refractivity contribution in [1.82, 2.24) is 25.9 Å². The number of nitrogens with two attached hydrogens (primary N) is 2. The molecule has 0 saturated carbocycles. The molecule has 0 fully saturated rings. The number of amides is 4. The number of hydrogen-bond donors (Lipinski definition) is 9. The van der Waals surface area contributed by atoms with Crippen LogP contribution in [0.1, 0.15) is 24.0 Å². The van der Waals surface area contributed by atoms with Gasteiger partial charge in [-0.15, -0.1) is 0 Å². The number of primary amides is 1. The van der Waals surface area contributed by atoms with Crippen molar-refractivity contribution in [1.29, 1.82) is 0 Å². The minimum atomic E-state index is -1.76. The summed E-state index contributed by atoms with van der Waals surface area (Å²) < 4.78 is 0. The second-order valence-electron chi connectivity index (χ2n) is 10.5. The molecule has 4 unspecified atom stereocenters. The lowest BCUT2D eigenvalue weighted by Gasteiger charge is -2.24. The Morgan fingerprint density at radius 3 is 1.69 bits per heavy atom. The molecular formula is C30H33N7O8. The number of H-pyrrole nitrogens is 2. The number of aliphatic carboxylic acids is 2. The zero-order chi connectivity index (χ0) is 32.7. The minimum Gasteiger partial charge on any atom is -0.481 e. The molecule has 15 nitrogen and oxygen atoms in total. The molecule has 4 atom stereocenters. The lowest BCUT2D eigenvalue weighted by Crippen LogP contribution is -2.58. The van der Waals surface area contributed by atoms with E-state index >= 15 is 0 Å². The van der Waals surface area contributed by atoms with Crippen LogP contribution in [0.25, 0.3) is 21.8 Å². The molecule has 0 spiro atoms. The van der Waals surface area contributed by atoms with Crippen molar-refractivity contribution in [3.05, 3.63) is 72.1 Å². The Morgan fingerprint density at radius 1 is 0.667 bits per heavy atom. The molecule has 0 radical (unpaired) electrons. The fourth-order valence-corrected chi connectivity index (χ4v) is 4.97. The second-order valence-corrected chi connectivity index (χ2v) is 10.5. The van der Waals surface area contributed by atoms with E-state index < -0.39 is 72.6 Å². The summed E-state index contributed by atoms with van der Waals surface area (Å²) in [6.07, 6.45) is 1.79. The lowest BCUT2D eigenvalue weighted by molar-refractivity contribution is -0.144. The molecule has 4 aromatic rings. The summed E-state index contributed by atoms with van der Waals surface area (Å²) in [6, 6.07) is 8.80. The number of aromatic amines is 2. The topological polar surface area (TPSA) is 263 Å². The van der Waals surface area contributed by atoms with Gasteiger partial charge in [0.2, 0.25) is 23.6 Å². The molecule has 4 amide bonds. The fraction of sp³-hybridized carbons (Fsp3) is 0.267. The number of aromatic nitrogens is 2. The van der Waals surface area contributed by atoms with Crippen LogP contribution in [0.5, 0.6) is 0 Å². The van der Waals surface area contributed by atoms with Gasteiger partial charge in [-0.1, -0.05) is 36.4 Å². The Kier molecular flexibility index (Phi) is 10.2. The molecule has 0 saturated heterocycles. The van der Waals surface area contributed by atoms with E-state index in [0.29, 0.717) is 5.56 Å². The smallest absolute Gasteiger partial charge is 0.326 e. The first kappa shape index (κ1) is 32.2. The molecule has 11 N–H and O–H groups in total. The Hall–Kier alpha value is -5.70. The average Bonchev–Trinajstić information content (AvgIpc) is 3.59. The summed E-state index contributed by atoms with van der Waals surface area (Å²) in [5, 5.41) is 27.4. The molecular weight excluding hydrogens is 586 g/mol. The summed E-state index contributed by atoms with van der Waals surface area (Å²) in [5.74, 6) is -6.85. The van der Waals surface area contributed by atoms with Crippen LogP contribution in [0.2, 0.25) is 0 Å². The number of carbonyl (C=O) groups excluding carboxylic acids is 4. The number of nitrogens with one attached hydrogen (secondary N) is 5. The van der Waals surface area contributed by atoms with Crippen LogP contribution in [-0.2, 0) is 41.6 Å². The molecule has 4 rings (SSSR count). The monoisotopic (exact) mass is 619 g/mol. The predicted octanol–water partition coefficient (Wildman–Crippen LogP) is -0.349. The van der Waals surface area contributed by atoms with Crippen molar-refractivity contribution in [3.8, 4) is 0 Å². The van der Waals surface area contributed by atoms with Gasteiger partial charge in [0.1, 0.15) is 18.1 Å². The molecule has 0 aliphatic carbocycles. The van der Waals surface area contributed by atoms with Gasteiger partial charge in [-0.05, 0) is 29.7 Å². The van der Waals surface area contributed by atoms with Crippen LogP contribution in [0, 0.1) is 0 Å². The molecule has 45 heavy (non-hydrogen) atoms. The van der Waals surface area contributed by atoms with Crippen LogP contribution in [0.15, 0.2) is 60.9 Å². The number of para-hydroxylation sites is 2. The van der Waals surface area contributed by atoms with E-state index in [9.17, 15) is 39.0 Å². The first-order valence-corrected chi connectivity index (χ1v) is 13.9. The van der Waals surface area contributed by atoms with Gasteiger partial charge < -0.3 is 47.6 Å². The van der Waals surface area contributed by atoms with Crippen molar-refractivity contribution < 1.29 is 39.0 Å². The van der Waals surface area contributed by atoms with Crippen LogP contribution in [0.3, 0.4) is 0 Å². The highest BCUT2D eigenvalue weighted by molar-refractivity contribution is 5.97. The van der Waals surface area contributed by atoms with Crippen molar-refractivity contribution in [2.45, 2.75) is 49.9 Å². The quantitative estimate of drug-likeness (QED) is 0.0841. The van der Waals surface area contributed by atoms with Gasteiger partial charge in [-0.25, -0.2) is 4.79 Å². The van der Waals surface area contributed by atoms with Gasteiger partial charge in [0, 0.05) is 40.6 Å². The van der Waals surface area contributed by atoms with Gasteiger partial charge in [0.05, 0.1) is 18.9 Å². The number of rotatable bonds is 15. The van der Waals surface area contributed by atoms with Gasteiger partial charge in [-0.2, -0.15) is 0 Å². The predicted molar refractivity (Wildman–Crippen MR) is 161 cm³/mol. The molecule has 2 aromatic carbocycles. The number of carbonyl (C=O) groups is 6. The van der Waals surface area contributed by atoms with Crippen LogP contribution in [0.4, 0.5) is 0 Å². The normalized spacial score (nSPS) is 13.8. The Morgan fingerprint density at radius 2 is 1.16 bits per heavy atom. The molecule has 2 aromatic heterocycles. The number of hydrogen-bond acceptors (Lipinski definition) is 7. The summed E-state index contributed by atoms with van der Waals surface area (Å²) >= 11 is 0. The van der Waals surface area contributed by atoms with Crippen molar-refractivity contribution in [2.75, 3.05) is 0 Å².